The van der Waals surface area contributed by atoms with Crippen LogP contribution < -0.4 is 0 Å². The molecule has 0 bridgehead atoms. The Morgan fingerprint density at radius 3 is 0.812 bits per heavy atom. The average Bonchev–Trinajstić information content (AvgIpc) is 3.35. The zero-order valence-electron chi connectivity index (χ0n) is 45.0. The third kappa shape index (κ3) is 55.1. The predicted molar refractivity (Wildman–Crippen MR) is 297 cm³/mol. The number of esters is 3. The molecule has 0 unspecified atom stereocenters. The summed E-state index contributed by atoms with van der Waals surface area (Å²) < 4.78 is 16.8. The van der Waals surface area contributed by atoms with Gasteiger partial charge in [-0.25, -0.2) is 0 Å². The van der Waals surface area contributed by atoms with Gasteiger partial charge >= 0.3 is 17.9 Å². The van der Waals surface area contributed by atoms with Crippen LogP contribution in [0.3, 0.4) is 0 Å². The Morgan fingerprint density at radius 2 is 0.522 bits per heavy atom. The average molecular weight is 960 g/mol. The maximum atomic E-state index is 12.9. The van der Waals surface area contributed by atoms with Crippen LogP contribution in [-0.4, -0.2) is 37.2 Å². The number of carbonyl (C=O) groups is 3. The fourth-order valence-corrected chi connectivity index (χ4v) is 7.66. The van der Waals surface area contributed by atoms with Gasteiger partial charge in [0.05, 0.1) is 0 Å². The lowest BCUT2D eigenvalue weighted by atomic mass is 10.1. The van der Waals surface area contributed by atoms with Crippen molar-refractivity contribution in [1.29, 1.82) is 0 Å². The molecule has 0 saturated carbocycles. The van der Waals surface area contributed by atoms with Crippen LogP contribution in [0.15, 0.2) is 97.2 Å². The molecule has 0 aromatic rings. The van der Waals surface area contributed by atoms with Gasteiger partial charge in [0.25, 0.3) is 0 Å². The van der Waals surface area contributed by atoms with Gasteiger partial charge in [-0.3, -0.25) is 14.4 Å². The Morgan fingerprint density at radius 1 is 0.290 bits per heavy atom. The molecule has 394 valence electrons. The van der Waals surface area contributed by atoms with Gasteiger partial charge in [0.15, 0.2) is 6.10 Å². The molecular weight excluding hydrogens is 853 g/mol. The molecule has 0 heterocycles. The Bertz CT molecular complexity index is 1380. The van der Waals surface area contributed by atoms with Crippen LogP contribution >= 0.6 is 0 Å². The van der Waals surface area contributed by atoms with E-state index in [2.05, 4.69) is 118 Å². The van der Waals surface area contributed by atoms with Crippen LogP contribution in [-0.2, 0) is 28.6 Å². The molecular formula is C63H106O6. The second-order valence-corrected chi connectivity index (χ2v) is 18.8. The largest absolute Gasteiger partial charge is 0.462 e. The van der Waals surface area contributed by atoms with Crippen molar-refractivity contribution in [3.8, 4) is 0 Å². The molecule has 0 spiro atoms. The molecule has 0 rings (SSSR count). The van der Waals surface area contributed by atoms with Gasteiger partial charge in [0, 0.05) is 19.3 Å². The second kappa shape index (κ2) is 56.9. The van der Waals surface area contributed by atoms with Gasteiger partial charge in [-0.2, -0.15) is 0 Å². The first-order valence-corrected chi connectivity index (χ1v) is 28.7. The summed E-state index contributed by atoms with van der Waals surface area (Å²) in [6.07, 6.45) is 75.3. The third-order valence-corrected chi connectivity index (χ3v) is 12.0. The highest BCUT2D eigenvalue weighted by molar-refractivity contribution is 5.71. The smallest absolute Gasteiger partial charge is 0.306 e. The number of rotatable bonds is 51. The fourth-order valence-electron chi connectivity index (χ4n) is 7.66. The first kappa shape index (κ1) is 65.3. The molecule has 0 saturated heterocycles. The summed E-state index contributed by atoms with van der Waals surface area (Å²) in [7, 11) is 0. The van der Waals surface area contributed by atoms with E-state index in [-0.39, 0.29) is 31.1 Å². The van der Waals surface area contributed by atoms with Gasteiger partial charge < -0.3 is 14.2 Å². The molecule has 6 heteroatoms. The van der Waals surface area contributed by atoms with E-state index in [9.17, 15) is 14.4 Å². The summed E-state index contributed by atoms with van der Waals surface area (Å²) >= 11 is 0. The van der Waals surface area contributed by atoms with E-state index in [1.165, 1.54) is 103 Å². The third-order valence-electron chi connectivity index (χ3n) is 12.0. The summed E-state index contributed by atoms with van der Waals surface area (Å²) in [5.74, 6) is -0.948. The monoisotopic (exact) mass is 959 g/mol. The number of allylic oxidation sites excluding steroid dienone is 16. The van der Waals surface area contributed by atoms with E-state index < -0.39 is 6.10 Å². The number of hydrogen-bond donors (Lipinski definition) is 0. The second-order valence-electron chi connectivity index (χ2n) is 18.8. The fraction of sp³-hybridized carbons (Fsp3) is 0.698. The van der Waals surface area contributed by atoms with E-state index >= 15 is 0 Å². The van der Waals surface area contributed by atoms with Gasteiger partial charge in [-0.15, -0.1) is 0 Å². The van der Waals surface area contributed by atoms with Crippen molar-refractivity contribution in [3.05, 3.63) is 97.2 Å². The van der Waals surface area contributed by atoms with Gasteiger partial charge in [0.1, 0.15) is 13.2 Å². The van der Waals surface area contributed by atoms with Crippen LogP contribution in [0.25, 0.3) is 0 Å². The Balaban J connectivity index is 4.49. The van der Waals surface area contributed by atoms with Crippen molar-refractivity contribution in [1.82, 2.24) is 0 Å². The summed E-state index contributed by atoms with van der Waals surface area (Å²) in [6, 6.07) is 0. The number of carbonyl (C=O) groups excluding carboxylic acids is 3. The van der Waals surface area contributed by atoms with Crippen molar-refractivity contribution in [2.45, 2.75) is 271 Å². The first-order chi connectivity index (χ1) is 34.0. The van der Waals surface area contributed by atoms with E-state index in [4.69, 9.17) is 14.2 Å². The molecule has 1 atom stereocenters. The molecule has 0 amide bonds. The molecule has 69 heavy (non-hydrogen) atoms. The minimum Gasteiger partial charge on any atom is -0.462 e. The van der Waals surface area contributed by atoms with Crippen LogP contribution in [0.2, 0.25) is 0 Å². The quantitative estimate of drug-likeness (QED) is 0.0262. The van der Waals surface area contributed by atoms with Crippen molar-refractivity contribution in [2.75, 3.05) is 13.2 Å². The van der Waals surface area contributed by atoms with Gasteiger partial charge in [-0.1, -0.05) is 214 Å². The topological polar surface area (TPSA) is 78.9 Å². The van der Waals surface area contributed by atoms with E-state index in [0.717, 1.165) is 122 Å². The molecule has 0 fully saturated rings. The van der Waals surface area contributed by atoms with Crippen molar-refractivity contribution >= 4 is 17.9 Å². The summed E-state index contributed by atoms with van der Waals surface area (Å²) in [5.41, 5.74) is 0. The summed E-state index contributed by atoms with van der Waals surface area (Å²) in [6.45, 7) is 6.52. The van der Waals surface area contributed by atoms with Crippen molar-refractivity contribution < 1.29 is 28.6 Å². The van der Waals surface area contributed by atoms with Crippen LogP contribution in [0.5, 0.6) is 0 Å². The lowest BCUT2D eigenvalue weighted by Gasteiger charge is -2.18. The lowest BCUT2D eigenvalue weighted by Crippen LogP contribution is -2.30. The first-order valence-electron chi connectivity index (χ1n) is 28.7. The predicted octanol–water partition coefficient (Wildman–Crippen LogP) is 19.3. The van der Waals surface area contributed by atoms with Crippen molar-refractivity contribution in [2.24, 2.45) is 0 Å². The molecule has 0 radical (unpaired) electrons. The van der Waals surface area contributed by atoms with Crippen LogP contribution in [0, 0.1) is 0 Å². The highest BCUT2D eigenvalue weighted by Gasteiger charge is 2.19. The van der Waals surface area contributed by atoms with Crippen LogP contribution in [0.4, 0.5) is 0 Å². The van der Waals surface area contributed by atoms with Gasteiger partial charge in [-0.05, 0) is 128 Å². The minimum absolute atomic E-state index is 0.0989. The van der Waals surface area contributed by atoms with Crippen molar-refractivity contribution in [3.63, 3.8) is 0 Å². The maximum Gasteiger partial charge on any atom is 0.306 e. The highest BCUT2D eigenvalue weighted by atomic mass is 16.6. The van der Waals surface area contributed by atoms with E-state index in [0.29, 0.717) is 19.3 Å². The van der Waals surface area contributed by atoms with Gasteiger partial charge in [0.2, 0.25) is 0 Å². The molecule has 0 aliphatic carbocycles. The minimum atomic E-state index is -0.804. The number of ether oxygens (including phenoxy) is 3. The maximum absolute atomic E-state index is 12.9. The Kier molecular flexibility index (Phi) is 53.9. The Labute approximate surface area is 426 Å². The zero-order valence-corrected chi connectivity index (χ0v) is 45.0. The Hall–Kier alpha value is -3.67. The van der Waals surface area contributed by atoms with E-state index in [1.54, 1.807) is 0 Å². The molecule has 0 N–H and O–H groups in total. The SMILES string of the molecule is CCCCC/C=C\C/C=C\C/C=C\CCCCCCC(=O)OC[C@H](COC(=O)CCCCCCCCC/C=C\C/C=C\CCCCC)OC(=O)CCCCCC/C=C\C/C=C\C/C=C\CCCCC. The molecule has 0 aromatic carbocycles. The lowest BCUT2D eigenvalue weighted by molar-refractivity contribution is -0.167. The molecule has 0 aliphatic rings. The molecule has 6 nitrogen and oxygen atoms in total. The molecule has 0 aliphatic heterocycles. The molecule has 0 aromatic heterocycles. The summed E-state index contributed by atoms with van der Waals surface area (Å²) in [4.78, 5) is 38.2. The number of unbranched alkanes of at least 4 members (excludes halogenated alkanes) is 24. The normalized spacial score (nSPS) is 12.8. The van der Waals surface area contributed by atoms with Crippen LogP contribution in [0.1, 0.15) is 265 Å². The summed E-state index contributed by atoms with van der Waals surface area (Å²) in [5, 5.41) is 0. The standard InChI is InChI=1S/C63H106O6/c1-4-7-10-13-16-19-22-25-28-31-34-37-40-43-46-49-52-55-61(64)67-58-60(69-63(66)57-54-51-48-45-42-39-36-33-30-27-24-21-18-15-12-9-6-3)59-68-62(65)56-53-50-47-44-41-38-35-32-29-26-23-20-17-14-11-8-5-2/h16-21,25-30,34,36-37,39,60H,4-15,22-24,31-33,35,38,40-59H2,1-3H3/b19-16-,20-17-,21-18-,28-25-,29-26-,30-27-,37-34-,39-36-/t60-/m1/s1. The van der Waals surface area contributed by atoms with E-state index in [1.807, 2.05) is 0 Å². The highest BCUT2D eigenvalue weighted by Crippen LogP contribution is 2.14. The number of hydrogen-bond acceptors (Lipinski definition) is 6. The zero-order chi connectivity index (χ0) is 50.0.